The minimum Gasteiger partial charge on any atom is -0.449 e. The van der Waals surface area contributed by atoms with Gasteiger partial charge in [0, 0.05) is 23.5 Å². The minimum absolute atomic E-state index is 0.246. The number of fused-ring (bicyclic) bond motifs is 2. The molecule has 4 nitrogen and oxygen atoms in total. The summed E-state index contributed by atoms with van der Waals surface area (Å²) < 4.78 is 7.13. The van der Waals surface area contributed by atoms with Crippen molar-refractivity contribution in [1.82, 2.24) is 9.88 Å². The highest BCUT2D eigenvalue weighted by Crippen LogP contribution is 2.41. The highest BCUT2D eigenvalue weighted by atomic mass is 16.5. The average Bonchev–Trinajstić information content (AvgIpc) is 2.95. The van der Waals surface area contributed by atoms with E-state index in [0.29, 0.717) is 18.6 Å². The molecule has 1 aromatic carbocycles. The van der Waals surface area contributed by atoms with Crippen LogP contribution in [0.2, 0.25) is 0 Å². The SMILES string of the molecule is CCCCOC(=O)n1cc2c3c(cccc31)[C@H]1CCCN[C@@H]1C2. The van der Waals surface area contributed by atoms with E-state index in [0.717, 1.165) is 31.3 Å². The van der Waals surface area contributed by atoms with Crippen molar-refractivity contribution in [3.05, 3.63) is 35.5 Å². The van der Waals surface area contributed by atoms with Crippen LogP contribution in [0.1, 0.15) is 49.7 Å². The van der Waals surface area contributed by atoms with Gasteiger partial charge >= 0.3 is 6.09 Å². The molecule has 122 valence electrons. The number of aromatic nitrogens is 1. The van der Waals surface area contributed by atoms with Gasteiger partial charge in [-0.15, -0.1) is 0 Å². The van der Waals surface area contributed by atoms with Gasteiger partial charge in [-0.25, -0.2) is 4.79 Å². The highest BCUT2D eigenvalue weighted by Gasteiger charge is 2.34. The van der Waals surface area contributed by atoms with Crippen molar-refractivity contribution in [3.63, 3.8) is 0 Å². The molecular formula is C19H24N2O2. The second-order valence-corrected chi connectivity index (χ2v) is 6.75. The van der Waals surface area contributed by atoms with Crippen molar-refractivity contribution in [2.75, 3.05) is 13.2 Å². The van der Waals surface area contributed by atoms with Crippen LogP contribution in [-0.2, 0) is 11.2 Å². The van der Waals surface area contributed by atoms with Crippen LogP contribution < -0.4 is 5.32 Å². The number of nitrogens with zero attached hydrogens (tertiary/aromatic N) is 1. The van der Waals surface area contributed by atoms with Gasteiger partial charge in [0.25, 0.3) is 0 Å². The third-order valence-corrected chi connectivity index (χ3v) is 5.28. The normalized spacial score (nSPS) is 22.8. The number of benzene rings is 1. The molecule has 2 atom stereocenters. The lowest BCUT2D eigenvalue weighted by Gasteiger charge is -2.36. The van der Waals surface area contributed by atoms with Gasteiger partial charge in [0.15, 0.2) is 0 Å². The van der Waals surface area contributed by atoms with E-state index in [9.17, 15) is 4.79 Å². The van der Waals surface area contributed by atoms with Gasteiger partial charge in [-0.3, -0.25) is 4.57 Å². The molecule has 1 aliphatic carbocycles. The van der Waals surface area contributed by atoms with E-state index in [2.05, 4.69) is 24.4 Å². The van der Waals surface area contributed by atoms with Gasteiger partial charge in [-0.05, 0) is 49.4 Å². The van der Waals surface area contributed by atoms with Gasteiger partial charge in [0.2, 0.25) is 0 Å². The summed E-state index contributed by atoms with van der Waals surface area (Å²) in [4.78, 5) is 12.4. The Hall–Kier alpha value is -1.81. The lowest BCUT2D eigenvalue weighted by molar-refractivity contribution is 0.147. The second kappa shape index (κ2) is 6.00. The zero-order valence-corrected chi connectivity index (χ0v) is 13.7. The topological polar surface area (TPSA) is 43.3 Å². The van der Waals surface area contributed by atoms with E-state index < -0.39 is 0 Å². The van der Waals surface area contributed by atoms with Crippen LogP contribution in [0.15, 0.2) is 24.4 Å². The fourth-order valence-corrected chi connectivity index (χ4v) is 4.16. The molecule has 0 bridgehead atoms. The predicted molar refractivity (Wildman–Crippen MR) is 91.1 cm³/mol. The van der Waals surface area contributed by atoms with Crippen molar-refractivity contribution in [2.45, 2.75) is 51.0 Å². The van der Waals surface area contributed by atoms with Crippen molar-refractivity contribution >= 4 is 17.0 Å². The summed E-state index contributed by atoms with van der Waals surface area (Å²) in [6.45, 7) is 3.70. The van der Waals surface area contributed by atoms with Crippen molar-refractivity contribution in [2.24, 2.45) is 0 Å². The van der Waals surface area contributed by atoms with Crippen LogP contribution in [0.25, 0.3) is 10.9 Å². The second-order valence-electron chi connectivity index (χ2n) is 6.75. The van der Waals surface area contributed by atoms with E-state index in [1.807, 2.05) is 12.3 Å². The molecule has 0 radical (unpaired) electrons. The van der Waals surface area contributed by atoms with Gasteiger partial charge in [-0.1, -0.05) is 25.5 Å². The molecule has 2 aromatic rings. The fraction of sp³-hybridized carbons (Fsp3) is 0.526. The molecule has 0 unspecified atom stereocenters. The van der Waals surface area contributed by atoms with E-state index in [1.54, 1.807) is 4.57 Å². The largest absolute Gasteiger partial charge is 0.449 e. The van der Waals surface area contributed by atoms with Crippen LogP contribution in [0, 0.1) is 0 Å². The zero-order chi connectivity index (χ0) is 15.8. The summed E-state index contributed by atoms with van der Waals surface area (Å²) in [6.07, 6.45) is 7.17. The first-order chi connectivity index (χ1) is 11.3. The Kier molecular flexibility index (Phi) is 3.85. The number of ether oxygens (including phenoxy) is 1. The van der Waals surface area contributed by atoms with E-state index in [4.69, 9.17) is 4.74 Å². The average molecular weight is 312 g/mol. The number of hydrogen-bond donors (Lipinski definition) is 1. The molecule has 4 rings (SSSR count). The fourth-order valence-electron chi connectivity index (χ4n) is 4.16. The van der Waals surface area contributed by atoms with Crippen LogP contribution >= 0.6 is 0 Å². The van der Waals surface area contributed by atoms with E-state index in [1.165, 1.54) is 29.4 Å². The summed E-state index contributed by atoms with van der Waals surface area (Å²) in [5.41, 5.74) is 3.68. The van der Waals surface area contributed by atoms with Crippen LogP contribution in [-0.4, -0.2) is 29.9 Å². The van der Waals surface area contributed by atoms with Crippen LogP contribution in [0.4, 0.5) is 4.79 Å². The molecule has 1 fully saturated rings. The number of carbonyl (C=O) groups is 1. The van der Waals surface area contributed by atoms with E-state index >= 15 is 0 Å². The number of nitrogens with one attached hydrogen (secondary N) is 1. The Morgan fingerprint density at radius 2 is 2.35 bits per heavy atom. The molecule has 1 aromatic heterocycles. The maximum absolute atomic E-state index is 12.4. The first-order valence-corrected chi connectivity index (χ1v) is 8.83. The van der Waals surface area contributed by atoms with Crippen LogP contribution in [0.3, 0.4) is 0 Å². The van der Waals surface area contributed by atoms with E-state index in [-0.39, 0.29) is 6.09 Å². The van der Waals surface area contributed by atoms with Crippen molar-refractivity contribution < 1.29 is 9.53 Å². The van der Waals surface area contributed by atoms with Crippen molar-refractivity contribution in [1.29, 1.82) is 0 Å². The van der Waals surface area contributed by atoms with Gasteiger partial charge in [0.05, 0.1) is 12.1 Å². The molecule has 4 heteroatoms. The number of piperidine rings is 1. The Morgan fingerprint density at radius 1 is 1.43 bits per heavy atom. The highest BCUT2D eigenvalue weighted by molar-refractivity contribution is 5.95. The molecule has 0 amide bonds. The maximum atomic E-state index is 12.4. The number of rotatable bonds is 3. The third-order valence-electron chi connectivity index (χ3n) is 5.28. The molecule has 0 spiro atoms. The minimum atomic E-state index is -0.246. The lowest BCUT2D eigenvalue weighted by atomic mass is 9.76. The Bertz CT molecular complexity index is 734. The molecular weight excluding hydrogens is 288 g/mol. The third kappa shape index (κ3) is 2.45. The molecule has 2 heterocycles. The first kappa shape index (κ1) is 14.8. The van der Waals surface area contributed by atoms with Crippen molar-refractivity contribution in [3.8, 4) is 0 Å². The summed E-state index contributed by atoms with van der Waals surface area (Å²) >= 11 is 0. The monoisotopic (exact) mass is 312 g/mol. The number of unbranched alkanes of at least 4 members (excludes halogenated alkanes) is 1. The van der Waals surface area contributed by atoms with Crippen LogP contribution in [0.5, 0.6) is 0 Å². The Labute approximate surface area is 136 Å². The Morgan fingerprint density at radius 3 is 3.22 bits per heavy atom. The molecule has 1 saturated heterocycles. The standard InChI is InChI=1S/C19H24N2O2/c1-2-3-10-23-19(22)21-12-13-11-16-14(7-5-9-20-16)15-6-4-8-17(21)18(13)15/h4,6,8,12,14,16,20H,2-3,5,7,9-11H2,1H3/t14-,16-/m1/s1. The first-order valence-electron chi connectivity index (χ1n) is 8.83. The lowest BCUT2D eigenvalue weighted by Crippen LogP contribution is -2.43. The van der Waals surface area contributed by atoms with Gasteiger partial charge in [-0.2, -0.15) is 0 Å². The molecule has 2 aliphatic rings. The summed E-state index contributed by atoms with van der Waals surface area (Å²) in [5, 5.41) is 4.94. The molecule has 1 N–H and O–H groups in total. The molecule has 1 aliphatic heterocycles. The van der Waals surface area contributed by atoms with Gasteiger partial charge in [0.1, 0.15) is 0 Å². The quantitative estimate of drug-likeness (QED) is 0.876. The zero-order valence-electron chi connectivity index (χ0n) is 13.7. The predicted octanol–water partition coefficient (Wildman–Crippen LogP) is 3.82. The smallest absolute Gasteiger partial charge is 0.418 e. The summed E-state index contributed by atoms with van der Waals surface area (Å²) in [6, 6.07) is 6.87. The summed E-state index contributed by atoms with van der Waals surface area (Å²) in [7, 11) is 0. The molecule has 23 heavy (non-hydrogen) atoms. The van der Waals surface area contributed by atoms with Gasteiger partial charge < -0.3 is 10.1 Å². The molecule has 0 saturated carbocycles. The number of hydrogen-bond acceptors (Lipinski definition) is 3. The summed E-state index contributed by atoms with van der Waals surface area (Å²) in [5.74, 6) is 0.576. The Balaban J connectivity index is 1.73. The maximum Gasteiger partial charge on any atom is 0.418 e. The number of carbonyl (C=O) groups excluding carboxylic acids is 1.